The number of nitrogens with one attached hydrogen (secondary N) is 1. The van der Waals surface area contributed by atoms with E-state index in [4.69, 9.17) is 11.6 Å². The quantitative estimate of drug-likeness (QED) is 0.285. The zero-order valence-electron chi connectivity index (χ0n) is 19.9. The third-order valence-electron chi connectivity index (χ3n) is 5.41. The van der Waals surface area contributed by atoms with Gasteiger partial charge in [-0.2, -0.15) is 0 Å². The second-order valence-corrected chi connectivity index (χ2v) is 10.9. The van der Waals surface area contributed by atoms with Crippen LogP contribution < -0.4 is 5.32 Å². The van der Waals surface area contributed by atoms with Crippen LogP contribution in [0.2, 0.25) is 5.02 Å². The van der Waals surface area contributed by atoms with Crippen LogP contribution in [0.4, 0.5) is 0 Å². The van der Waals surface area contributed by atoms with Crippen molar-refractivity contribution in [3.8, 4) is 0 Å². The minimum absolute atomic E-state index is 0.0372. The van der Waals surface area contributed by atoms with Gasteiger partial charge in [0.05, 0.1) is 5.75 Å². The zero-order chi connectivity index (χ0) is 25.2. The van der Waals surface area contributed by atoms with Gasteiger partial charge in [-0.25, -0.2) is 0 Å². The summed E-state index contributed by atoms with van der Waals surface area (Å²) < 4.78 is 1.02. The highest BCUT2D eigenvalue weighted by molar-refractivity contribution is 9.10. The Labute approximate surface area is 225 Å². The van der Waals surface area contributed by atoms with Crippen molar-refractivity contribution in [2.75, 3.05) is 5.75 Å². The Morgan fingerprint density at radius 1 is 0.943 bits per heavy atom. The van der Waals surface area contributed by atoms with Crippen LogP contribution in [0.5, 0.6) is 0 Å². The van der Waals surface area contributed by atoms with Gasteiger partial charge in [0.2, 0.25) is 11.8 Å². The minimum Gasteiger partial charge on any atom is -0.352 e. The Hall–Kier alpha value is -2.28. The van der Waals surface area contributed by atoms with E-state index < -0.39 is 6.04 Å². The van der Waals surface area contributed by atoms with Crippen molar-refractivity contribution in [2.24, 2.45) is 0 Å². The van der Waals surface area contributed by atoms with E-state index in [0.717, 1.165) is 21.2 Å². The second-order valence-electron chi connectivity index (χ2n) is 8.60. The summed E-state index contributed by atoms with van der Waals surface area (Å²) in [5.74, 6) is 0.718. The second kappa shape index (κ2) is 13.7. The average Bonchev–Trinajstić information content (AvgIpc) is 2.83. The summed E-state index contributed by atoms with van der Waals surface area (Å²) in [6.45, 7) is 4.11. The van der Waals surface area contributed by atoms with Crippen LogP contribution in [0.3, 0.4) is 0 Å². The third-order valence-corrected chi connectivity index (χ3v) is 7.29. The molecule has 0 unspecified atom stereocenters. The molecule has 0 aliphatic rings. The van der Waals surface area contributed by atoms with Gasteiger partial charge in [0, 0.05) is 34.3 Å². The van der Waals surface area contributed by atoms with Crippen LogP contribution in [-0.4, -0.2) is 34.6 Å². The lowest BCUT2D eigenvalue weighted by molar-refractivity contribution is -0.139. The molecule has 0 aliphatic heterocycles. The smallest absolute Gasteiger partial charge is 0.243 e. The maximum absolute atomic E-state index is 13.6. The van der Waals surface area contributed by atoms with Gasteiger partial charge in [-0.15, -0.1) is 11.8 Å². The average molecular weight is 574 g/mol. The molecule has 1 N–H and O–H groups in total. The third kappa shape index (κ3) is 8.71. The first-order valence-electron chi connectivity index (χ1n) is 11.5. The first-order chi connectivity index (χ1) is 16.8. The molecule has 0 saturated heterocycles. The predicted molar refractivity (Wildman–Crippen MR) is 150 cm³/mol. The fourth-order valence-electron chi connectivity index (χ4n) is 3.66. The van der Waals surface area contributed by atoms with Gasteiger partial charge in [-0.05, 0) is 48.7 Å². The summed E-state index contributed by atoms with van der Waals surface area (Å²) in [6.07, 6.45) is 0.424. The molecular formula is C28H30BrClN2O2S. The summed E-state index contributed by atoms with van der Waals surface area (Å²) in [5.41, 5.74) is 2.95. The Kier molecular flexibility index (Phi) is 10.7. The fourth-order valence-corrected chi connectivity index (χ4v) is 5.00. The molecule has 0 radical (unpaired) electrons. The van der Waals surface area contributed by atoms with E-state index in [9.17, 15) is 9.59 Å². The first-order valence-corrected chi connectivity index (χ1v) is 13.9. The Morgan fingerprint density at radius 3 is 2.26 bits per heavy atom. The van der Waals surface area contributed by atoms with Crippen LogP contribution in [0, 0.1) is 0 Å². The number of thioether (sulfide) groups is 1. The molecule has 0 bridgehead atoms. The molecule has 0 aliphatic carbocycles. The molecule has 35 heavy (non-hydrogen) atoms. The maximum Gasteiger partial charge on any atom is 0.243 e. The molecule has 2 amide bonds. The molecule has 0 heterocycles. The number of hydrogen-bond donors (Lipinski definition) is 1. The lowest BCUT2D eigenvalue weighted by Crippen LogP contribution is -2.52. The van der Waals surface area contributed by atoms with E-state index in [0.29, 0.717) is 17.2 Å². The predicted octanol–water partition coefficient (Wildman–Crippen LogP) is 6.50. The first kappa shape index (κ1) is 27.3. The van der Waals surface area contributed by atoms with Crippen LogP contribution >= 0.6 is 39.3 Å². The number of benzene rings is 3. The van der Waals surface area contributed by atoms with Crippen molar-refractivity contribution in [3.63, 3.8) is 0 Å². The number of nitrogens with zero attached hydrogens (tertiary/aromatic N) is 1. The Balaban J connectivity index is 1.85. The van der Waals surface area contributed by atoms with Gasteiger partial charge in [-0.1, -0.05) is 88.2 Å². The number of carbonyl (C=O) groups excluding carboxylic acids is 2. The number of hydrogen-bond acceptors (Lipinski definition) is 3. The molecule has 0 fully saturated rings. The molecule has 0 aromatic heterocycles. The summed E-state index contributed by atoms with van der Waals surface area (Å²) >= 11 is 11.4. The van der Waals surface area contributed by atoms with Crippen molar-refractivity contribution in [3.05, 3.63) is 105 Å². The molecule has 0 saturated carbocycles. The lowest BCUT2D eigenvalue weighted by atomic mass is 10.0. The van der Waals surface area contributed by atoms with E-state index in [2.05, 4.69) is 21.2 Å². The number of amides is 2. The molecule has 7 heteroatoms. The van der Waals surface area contributed by atoms with Crippen molar-refractivity contribution in [2.45, 2.75) is 44.6 Å². The highest BCUT2D eigenvalue weighted by Crippen LogP contribution is 2.22. The van der Waals surface area contributed by atoms with Gasteiger partial charge >= 0.3 is 0 Å². The highest BCUT2D eigenvalue weighted by atomic mass is 79.9. The van der Waals surface area contributed by atoms with Gasteiger partial charge < -0.3 is 10.2 Å². The number of rotatable bonds is 11. The molecular weight excluding hydrogens is 544 g/mol. The Bertz CT molecular complexity index is 1110. The minimum atomic E-state index is -0.656. The van der Waals surface area contributed by atoms with Crippen LogP contribution in [0.1, 0.15) is 30.5 Å². The van der Waals surface area contributed by atoms with Gasteiger partial charge in [0.25, 0.3) is 0 Å². The van der Waals surface area contributed by atoms with E-state index >= 15 is 0 Å². The Morgan fingerprint density at radius 2 is 1.60 bits per heavy atom. The highest BCUT2D eigenvalue weighted by Gasteiger charge is 2.31. The van der Waals surface area contributed by atoms with Gasteiger partial charge in [0.1, 0.15) is 6.04 Å². The molecule has 184 valence electrons. The fraction of sp³-hybridized carbons (Fsp3) is 0.286. The summed E-state index contributed by atoms with van der Waals surface area (Å²) in [5, 5.41) is 3.59. The largest absolute Gasteiger partial charge is 0.352 e. The zero-order valence-corrected chi connectivity index (χ0v) is 23.1. The van der Waals surface area contributed by atoms with Gasteiger partial charge in [0.15, 0.2) is 0 Å². The van der Waals surface area contributed by atoms with E-state index in [1.54, 1.807) is 16.7 Å². The van der Waals surface area contributed by atoms with Crippen molar-refractivity contribution in [1.29, 1.82) is 0 Å². The van der Waals surface area contributed by atoms with Crippen molar-refractivity contribution < 1.29 is 9.59 Å². The normalized spacial score (nSPS) is 11.8. The van der Waals surface area contributed by atoms with E-state index in [1.807, 2.05) is 92.7 Å². The van der Waals surface area contributed by atoms with E-state index in [1.165, 1.54) is 0 Å². The lowest BCUT2D eigenvalue weighted by Gasteiger charge is -2.32. The number of carbonyl (C=O) groups is 2. The summed E-state index contributed by atoms with van der Waals surface area (Å²) in [7, 11) is 0. The monoisotopic (exact) mass is 572 g/mol. The van der Waals surface area contributed by atoms with E-state index in [-0.39, 0.29) is 30.2 Å². The van der Waals surface area contributed by atoms with Crippen LogP contribution in [-0.2, 0) is 28.3 Å². The van der Waals surface area contributed by atoms with Crippen LogP contribution in [0.15, 0.2) is 83.3 Å². The van der Waals surface area contributed by atoms with Crippen molar-refractivity contribution >= 4 is 51.1 Å². The summed E-state index contributed by atoms with van der Waals surface area (Å²) in [6, 6.07) is 24.6. The molecule has 3 rings (SSSR count). The molecule has 4 nitrogen and oxygen atoms in total. The molecule has 0 spiro atoms. The molecule has 3 aromatic rings. The number of halogens is 2. The van der Waals surface area contributed by atoms with Crippen molar-refractivity contribution in [1.82, 2.24) is 10.2 Å². The van der Waals surface area contributed by atoms with Crippen LogP contribution in [0.25, 0.3) is 0 Å². The SMILES string of the molecule is CC(C)NC(=O)[C@@H](Cc1ccccc1)N(Cc1ccccc1Cl)C(=O)CSCc1ccc(Br)cc1. The molecule has 1 atom stereocenters. The topological polar surface area (TPSA) is 49.4 Å². The van der Waals surface area contributed by atoms with Gasteiger partial charge in [-0.3, -0.25) is 9.59 Å². The maximum atomic E-state index is 13.6. The molecule has 3 aromatic carbocycles. The standard InChI is InChI=1S/C28H30BrClN2O2S/c1-20(2)31-28(34)26(16-21-8-4-3-5-9-21)32(17-23-10-6-7-11-25(23)30)27(33)19-35-18-22-12-14-24(29)15-13-22/h3-15,20,26H,16-19H2,1-2H3,(H,31,34)/t26-/m1/s1. The summed E-state index contributed by atoms with van der Waals surface area (Å²) in [4.78, 5) is 28.6.